The highest BCUT2D eigenvalue weighted by atomic mass is 32.2. The molecule has 4 nitrogen and oxygen atoms in total. The van der Waals surface area contributed by atoms with E-state index in [2.05, 4.69) is 36.2 Å². The highest BCUT2D eigenvalue weighted by Gasteiger charge is 2.16. The van der Waals surface area contributed by atoms with Crippen molar-refractivity contribution in [3.05, 3.63) is 12.2 Å². The maximum atomic E-state index is 4.25. The van der Waals surface area contributed by atoms with Gasteiger partial charge in [-0.25, -0.2) is 4.98 Å². The Bertz CT molecular complexity index is 316. The van der Waals surface area contributed by atoms with Crippen LogP contribution in [-0.2, 0) is 13.5 Å². The Hall–Kier alpha value is -0.550. The second-order valence-corrected chi connectivity index (χ2v) is 6.76. The maximum absolute atomic E-state index is 4.25. The molecule has 0 saturated carbocycles. The first-order valence-corrected chi connectivity index (χ1v) is 6.55. The molecule has 0 spiro atoms. The molecule has 5 heteroatoms. The Kier molecular flexibility index (Phi) is 4.80. The molecule has 92 valence electrons. The van der Waals surface area contributed by atoms with Crippen molar-refractivity contribution in [2.45, 2.75) is 38.0 Å². The Balaban J connectivity index is 2.47. The largest absolute Gasteiger partial charge is 0.316 e. The molecule has 1 N–H and O–H groups in total. The summed E-state index contributed by atoms with van der Waals surface area (Å²) in [5.41, 5.74) is 0. The average molecular weight is 242 g/mol. The Morgan fingerprint density at radius 1 is 1.50 bits per heavy atom. The fourth-order valence-electron chi connectivity index (χ4n) is 1.32. The van der Waals surface area contributed by atoms with Gasteiger partial charge in [0.15, 0.2) is 0 Å². The molecule has 1 atom stereocenters. The van der Waals surface area contributed by atoms with E-state index < -0.39 is 0 Å². The third kappa shape index (κ3) is 4.53. The first-order valence-electron chi connectivity index (χ1n) is 5.56. The van der Waals surface area contributed by atoms with Crippen LogP contribution in [0.4, 0.5) is 0 Å². The van der Waals surface area contributed by atoms with Gasteiger partial charge in [0.2, 0.25) is 0 Å². The van der Waals surface area contributed by atoms with Crippen LogP contribution in [-0.4, -0.2) is 38.4 Å². The van der Waals surface area contributed by atoms with Crippen molar-refractivity contribution in [2.75, 3.05) is 12.8 Å². The number of aryl methyl sites for hydroxylation is 1. The summed E-state index contributed by atoms with van der Waals surface area (Å²) in [5, 5.41) is 7.42. The predicted molar refractivity (Wildman–Crippen MR) is 69.8 cm³/mol. The van der Waals surface area contributed by atoms with Gasteiger partial charge in [-0.2, -0.15) is 16.9 Å². The normalized spacial score (nSPS) is 14.1. The van der Waals surface area contributed by atoms with Gasteiger partial charge in [0.05, 0.1) is 0 Å². The molecule has 1 unspecified atom stereocenters. The van der Waals surface area contributed by atoms with Crippen molar-refractivity contribution in [1.29, 1.82) is 0 Å². The molecule has 0 aliphatic heterocycles. The van der Waals surface area contributed by atoms with Crippen LogP contribution < -0.4 is 5.32 Å². The lowest BCUT2D eigenvalue weighted by Crippen LogP contribution is -2.32. The minimum Gasteiger partial charge on any atom is -0.316 e. The molecular formula is C11H22N4S. The number of aromatic nitrogens is 3. The highest BCUT2D eigenvalue weighted by Crippen LogP contribution is 2.24. The van der Waals surface area contributed by atoms with E-state index in [-0.39, 0.29) is 0 Å². The van der Waals surface area contributed by atoms with Gasteiger partial charge in [0.25, 0.3) is 0 Å². The lowest BCUT2D eigenvalue weighted by atomic mass is 10.2. The number of nitrogens with one attached hydrogen (secondary N) is 1. The van der Waals surface area contributed by atoms with Gasteiger partial charge in [0, 0.05) is 30.0 Å². The highest BCUT2D eigenvalue weighted by molar-refractivity contribution is 8.00. The third-order valence-electron chi connectivity index (χ3n) is 2.36. The molecule has 1 rings (SSSR count). The summed E-state index contributed by atoms with van der Waals surface area (Å²) < 4.78 is 2.15. The van der Waals surface area contributed by atoms with E-state index in [1.54, 1.807) is 6.33 Å². The van der Waals surface area contributed by atoms with Crippen LogP contribution in [0.5, 0.6) is 0 Å². The summed E-state index contributed by atoms with van der Waals surface area (Å²) in [6.45, 7) is 6.73. The molecule has 1 aromatic rings. The molecule has 0 fully saturated rings. The second kappa shape index (κ2) is 5.68. The fourth-order valence-corrected chi connectivity index (χ4v) is 2.31. The molecule has 0 aromatic carbocycles. The van der Waals surface area contributed by atoms with Gasteiger partial charge in [0.1, 0.15) is 12.2 Å². The van der Waals surface area contributed by atoms with Crippen molar-refractivity contribution in [2.24, 2.45) is 7.05 Å². The van der Waals surface area contributed by atoms with Crippen LogP contribution in [0.25, 0.3) is 0 Å². The van der Waals surface area contributed by atoms with Gasteiger partial charge >= 0.3 is 0 Å². The monoisotopic (exact) mass is 242 g/mol. The van der Waals surface area contributed by atoms with Crippen molar-refractivity contribution < 1.29 is 0 Å². The van der Waals surface area contributed by atoms with Gasteiger partial charge < -0.3 is 5.32 Å². The molecule has 0 saturated heterocycles. The van der Waals surface area contributed by atoms with E-state index in [1.807, 2.05) is 30.5 Å². The van der Waals surface area contributed by atoms with E-state index in [9.17, 15) is 0 Å². The Labute approximate surface area is 102 Å². The van der Waals surface area contributed by atoms with Gasteiger partial charge in [-0.1, -0.05) is 20.8 Å². The summed E-state index contributed by atoms with van der Waals surface area (Å²) in [6, 6.07) is 0.451. The van der Waals surface area contributed by atoms with Gasteiger partial charge in [-0.15, -0.1) is 0 Å². The van der Waals surface area contributed by atoms with Crippen LogP contribution in [0.2, 0.25) is 0 Å². The number of rotatable bonds is 5. The number of nitrogens with zero attached hydrogens (tertiary/aromatic N) is 3. The fraction of sp³-hybridized carbons (Fsp3) is 0.818. The third-order valence-corrected chi connectivity index (χ3v) is 3.79. The minimum absolute atomic E-state index is 0.314. The summed E-state index contributed by atoms with van der Waals surface area (Å²) in [5.74, 6) is 2.13. The van der Waals surface area contributed by atoms with E-state index in [4.69, 9.17) is 0 Å². The molecule has 16 heavy (non-hydrogen) atoms. The molecule has 0 radical (unpaired) electrons. The standard InChI is InChI=1S/C11H22N4S/c1-11(2,3)16-7-9(12-4)6-10-13-8-14-15(10)5/h8-9,12H,6-7H2,1-5H3. The molecule has 1 heterocycles. The van der Waals surface area contributed by atoms with Crippen LogP contribution in [0.1, 0.15) is 26.6 Å². The van der Waals surface area contributed by atoms with Crippen molar-refractivity contribution >= 4 is 11.8 Å². The molecule has 0 amide bonds. The average Bonchev–Trinajstić information content (AvgIpc) is 2.57. The van der Waals surface area contributed by atoms with Crippen LogP contribution in [0.3, 0.4) is 0 Å². The summed E-state index contributed by atoms with van der Waals surface area (Å²) in [6.07, 6.45) is 2.54. The lowest BCUT2D eigenvalue weighted by Gasteiger charge is -2.22. The Morgan fingerprint density at radius 3 is 2.62 bits per heavy atom. The van der Waals surface area contributed by atoms with Crippen molar-refractivity contribution in [3.8, 4) is 0 Å². The lowest BCUT2D eigenvalue weighted by molar-refractivity contribution is 0.571. The smallest absolute Gasteiger partial charge is 0.138 e. The van der Waals surface area contributed by atoms with E-state index >= 15 is 0 Å². The van der Waals surface area contributed by atoms with Crippen LogP contribution in [0.15, 0.2) is 6.33 Å². The Morgan fingerprint density at radius 2 is 2.19 bits per heavy atom. The minimum atomic E-state index is 0.314. The number of thioether (sulfide) groups is 1. The van der Waals surface area contributed by atoms with E-state index in [1.165, 1.54) is 0 Å². The second-order valence-electron chi connectivity index (χ2n) is 4.91. The van der Waals surface area contributed by atoms with E-state index in [0.29, 0.717) is 10.8 Å². The predicted octanol–water partition coefficient (Wildman–Crippen LogP) is 1.48. The molecule has 0 aliphatic rings. The number of likely N-dealkylation sites (N-methyl/N-ethyl adjacent to an activating group) is 1. The zero-order valence-corrected chi connectivity index (χ0v) is 11.6. The topological polar surface area (TPSA) is 42.7 Å². The number of hydrogen-bond donors (Lipinski definition) is 1. The summed E-state index contributed by atoms with van der Waals surface area (Å²) in [7, 11) is 3.94. The van der Waals surface area contributed by atoms with Crippen LogP contribution >= 0.6 is 11.8 Å². The molecular weight excluding hydrogens is 220 g/mol. The molecule has 0 aliphatic carbocycles. The first-order chi connectivity index (χ1) is 7.42. The molecule has 0 bridgehead atoms. The van der Waals surface area contributed by atoms with Crippen LogP contribution in [0, 0.1) is 0 Å². The first kappa shape index (κ1) is 13.5. The summed E-state index contributed by atoms with van der Waals surface area (Å²) >= 11 is 1.97. The van der Waals surface area contributed by atoms with Gasteiger partial charge in [-0.05, 0) is 7.05 Å². The SMILES string of the molecule is CNC(CSC(C)(C)C)Cc1ncnn1C. The van der Waals surface area contributed by atoms with E-state index in [0.717, 1.165) is 18.0 Å². The number of hydrogen-bond acceptors (Lipinski definition) is 4. The van der Waals surface area contributed by atoms with Crippen molar-refractivity contribution in [3.63, 3.8) is 0 Å². The van der Waals surface area contributed by atoms with Crippen molar-refractivity contribution in [1.82, 2.24) is 20.1 Å². The zero-order chi connectivity index (χ0) is 12.2. The molecule has 1 aromatic heterocycles. The zero-order valence-electron chi connectivity index (χ0n) is 10.8. The summed E-state index contributed by atoms with van der Waals surface area (Å²) in [4.78, 5) is 4.25. The maximum Gasteiger partial charge on any atom is 0.138 e. The van der Waals surface area contributed by atoms with Gasteiger partial charge in [-0.3, -0.25) is 4.68 Å². The quantitative estimate of drug-likeness (QED) is 0.849.